The van der Waals surface area contributed by atoms with Crippen LogP contribution in [0.2, 0.25) is 0 Å². The zero-order valence-corrected chi connectivity index (χ0v) is 12.9. The van der Waals surface area contributed by atoms with Gasteiger partial charge in [0.1, 0.15) is 0 Å². The largest absolute Gasteiger partial charge is 0.416 e. The highest BCUT2D eigenvalue weighted by Crippen LogP contribution is 2.37. The molecular weight excluding hydrogens is 396 g/mol. The van der Waals surface area contributed by atoms with Gasteiger partial charge < -0.3 is 4.98 Å². The number of hydrogen-bond acceptors (Lipinski definition) is 4. The molecule has 1 aromatic heterocycles. The van der Waals surface area contributed by atoms with Gasteiger partial charge in [-0.05, 0) is 18.2 Å². The van der Waals surface area contributed by atoms with Crippen molar-refractivity contribution in [2.75, 3.05) is 4.72 Å². The van der Waals surface area contributed by atoms with Crippen LogP contribution in [0.15, 0.2) is 38.9 Å². The number of halogens is 6. The van der Waals surface area contributed by atoms with Crippen LogP contribution in [0.4, 0.5) is 32.0 Å². The molecule has 7 nitrogen and oxygen atoms in total. The Kier molecular flexibility index (Phi) is 4.66. The Morgan fingerprint density at radius 1 is 0.885 bits per heavy atom. The molecule has 0 atom stereocenters. The van der Waals surface area contributed by atoms with Gasteiger partial charge in [0.15, 0.2) is 4.90 Å². The van der Waals surface area contributed by atoms with Crippen molar-refractivity contribution in [3.63, 3.8) is 0 Å². The lowest BCUT2D eigenvalue weighted by atomic mass is 10.1. The first kappa shape index (κ1) is 19.6. The lowest BCUT2D eigenvalue weighted by molar-refractivity contribution is -0.143. The maximum Gasteiger partial charge on any atom is 0.416 e. The summed E-state index contributed by atoms with van der Waals surface area (Å²) in [5.74, 6) is 0. The minimum atomic E-state index is -5.18. The molecule has 26 heavy (non-hydrogen) atoms. The van der Waals surface area contributed by atoms with Gasteiger partial charge >= 0.3 is 18.0 Å². The average Bonchev–Trinajstić information content (AvgIpc) is 2.44. The molecule has 0 aliphatic heterocycles. The second-order valence-corrected chi connectivity index (χ2v) is 6.49. The molecule has 0 radical (unpaired) electrons. The van der Waals surface area contributed by atoms with Gasteiger partial charge in [-0.2, -0.15) is 26.3 Å². The van der Waals surface area contributed by atoms with Crippen molar-refractivity contribution in [1.82, 2.24) is 9.97 Å². The SMILES string of the molecule is O=c1[nH]cc(S(=O)(=O)Nc2cc(C(F)(F)F)cc(C(F)(F)F)c2)c(=O)[nH]1. The van der Waals surface area contributed by atoms with Crippen LogP contribution in [0.5, 0.6) is 0 Å². The van der Waals surface area contributed by atoms with Gasteiger partial charge in [0.05, 0.1) is 16.8 Å². The summed E-state index contributed by atoms with van der Waals surface area (Å²) in [6.07, 6.45) is -9.92. The first-order valence-corrected chi connectivity index (χ1v) is 7.83. The zero-order chi connectivity index (χ0) is 19.9. The molecule has 0 saturated carbocycles. The zero-order valence-electron chi connectivity index (χ0n) is 12.1. The van der Waals surface area contributed by atoms with Crippen molar-refractivity contribution < 1.29 is 34.8 Å². The van der Waals surface area contributed by atoms with Gasteiger partial charge in [-0.15, -0.1) is 0 Å². The van der Waals surface area contributed by atoms with Crippen LogP contribution in [-0.4, -0.2) is 18.4 Å². The summed E-state index contributed by atoms with van der Waals surface area (Å²) < 4.78 is 102. The second kappa shape index (κ2) is 6.19. The third-order valence-corrected chi connectivity index (χ3v) is 4.30. The molecule has 2 rings (SSSR count). The first-order chi connectivity index (χ1) is 11.7. The van der Waals surface area contributed by atoms with Crippen molar-refractivity contribution in [2.24, 2.45) is 0 Å². The molecule has 0 fully saturated rings. The Bertz CT molecular complexity index is 1020. The van der Waals surface area contributed by atoms with Crippen LogP contribution >= 0.6 is 0 Å². The number of aromatic nitrogens is 2. The van der Waals surface area contributed by atoms with Crippen LogP contribution in [-0.2, 0) is 22.4 Å². The summed E-state index contributed by atoms with van der Waals surface area (Å²) in [7, 11) is -4.88. The van der Waals surface area contributed by atoms with E-state index in [9.17, 15) is 44.3 Å². The van der Waals surface area contributed by atoms with Crippen LogP contribution in [0.25, 0.3) is 0 Å². The van der Waals surface area contributed by atoms with E-state index in [1.54, 1.807) is 4.98 Å². The minimum absolute atomic E-state index is 0.132. The molecule has 142 valence electrons. The quantitative estimate of drug-likeness (QED) is 0.680. The van der Waals surface area contributed by atoms with Gasteiger partial charge in [-0.1, -0.05) is 0 Å². The second-order valence-electron chi connectivity index (χ2n) is 4.84. The van der Waals surface area contributed by atoms with E-state index in [0.29, 0.717) is 6.20 Å². The third-order valence-electron chi connectivity index (χ3n) is 2.91. The van der Waals surface area contributed by atoms with E-state index in [1.807, 2.05) is 4.98 Å². The summed E-state index contributed by atoms with van der Waals surface area (Å²) in [5.41, 5.74) is -7.05. The Labute approximate surface area is 139 Å². The predicted molar refractivity (Wildman–Crippen MR) is 74.9 cm³/mol. The van der Waals surface area contributed by atoms with Crippen molar-refractivity contribution in [1.29, 1.82) is 0 Å². The molecule has 1 heterocycles. The lowest BCUT2D eigenvalue weighted by Crippen LogP contribution is -2.29. The number of hydrogen-bond donors (Lipinski definition) is 3. The Hall–Kier alpha value is -2.77. The molecule has 0 aliphatic rings. The molecule has 2 aromatic rings. The lowest BCUT2D eigenvalue weighted by Gasteiger charge is -2.15. The normalized spacial score (nSPS) is 12.8. The number of H-pyrrole nitrogens is 2. The third kappa shape index (κ3) is 4.25. The highest BCUT2D eigenvalue weighted by molar-refractivity contribution is 7.92. The van der Waals surface area contributed by atoms with E-state index in [0.717, 1.165) is 0 Å². The average molecular weight is 403 g/mol. The summed E-state index contributed by atoms with van der Waals surface area (Å²) in [5, 5.41) is 0. The minimum Gasteiger partial charge on any atom is -0.313 e. The summed E-state index contributed by atoms with van der Waals surface area (Å²) in [4.78, 5) is 24.6. The van der Waals surface area contributed by atoms with E-state index < -0.39 is 55.3 Å². The van der Waals surface area contributed by atoms with E-state index in [1.165, 1.54) is 4.72 Å². The topological polar surface area (TPSA) is 112 Å². The Morgan fingerprint density at radius 3 is 1.81 bits per heavy atom. The molecule has 0 saturated heterocycles. The molecular formula is C12H7F6N3O4S. The van der Waals surface area contributed by atoms with Gasteiger partial charge in [-0.25, -0.2) is 13.2 Å². The fourth-order valence-electron chi connectivity index (χ4n) is 1.82. The van der Waals surface area contributed by atoms with Crippen LogP contribution in [0.3, 0.4) is 0 Å². The first-order valence-electron chi connectivity index (χ1n) is 6.34. The van der Waals surface area contributed by atoms with Crippen molar-refractivity contribution in [3.05, 3.63) is 56.4 Å². The standard InChI is InChI=1S/C12H7F6N3O4S/c13-11(14,15)5-1-6(12(16,17)18)3-7(2-5)21-26(24,25)8-4-19-10(23)20-9(8)22/h1-4,21H,(H2,19,20,22,23). The van der Waals surface area contributed by atoms with Gasteiger partial charge in [-0.3, -0.25) is 14.5 Å². The number of sulfonamides is 1. The summed E-state index contributed by atoms with van der Waals surface area (Å²) in [6.45, 7) is 0. The number of nitrogens with one attached hydrogen (secondary N) is 3. The number of anilines is 1. The van der Waals surface area contributed by atoms with Crippen molar-refractivity contribution >= 4 is 15.7 Å². The van der Waals surface area contributed by atoms with Crippen LogP contribution in [0.1, 0.15) is 11.1 Å². The fraction of sp³-hybridized carbons (Fsp3) is 0.167. The fourth-order valence-corrected chi connectivity index (χ4v) is 2.87. The molecule has 0 bridgehead atoms. The summed E-state index contributed by atoms with van der Waals surface area (Å²) in [6, 6.07) is 0.0733. The Balaban J connectivity index is 2.58. The van der Waals surface area contributed by atoms with E-state index >= 15 is 0 Å². The van der Waals surface area contributed by atoms with Crippen LogP contribution < -0.4 is 16.0 Å². The number of alkyl halides is 6. The highest BCUT2D eigenvalue weighted by atomic mass is 32.2. The molecule has 0 aliphatic carbocycles. The molecule has 14 heteroatoms. The predicted octanol–water partition coefficient (Wildman–Crippen LogP) is 1.90. The van der Waals surface area contributed by atoms with Crippen LogP contribution in [0, 0.1) is 0 Å². The van der Waals surface area contributed by atoms with E-state index in [-0.39, 0.29) is 18.2 Å². The molecule has 0 amide bonds. The number of rotatable bonds is 3. The van der Waals surface area contributed by atoms with Gasteiger partial charge in [0, 0.05) is 6.20 Å². The number of benzene rings is 1. The van der Waals surface area contributed by atoms with E-state index in [4.69, 9.17) is 0 Å². The van der Waals surface area contributed by atoms with Gasteiger partial charge in [0.2, 0.25) is 0 Å². The molecule has 1 aromatic carbocycles. The summed E-state index contributed by atoms with van der Waals surface area (Å²) >= 11 is 0. The molecule has 0 unspecified atom stereocenters. The van der Waals surface area contributed by atoms with Crippen molar-refractivity contribution in [2.45, 2.75) is 17.2 Å². The van der Waals surface area contributed by atoms with Gasteiger partial charge in [0.25, 0.3) is 15.6 Å². The van der Waals surface area contributed by atoms with Crippen molar-refractivity contribution in [3.8, 4) is 0 Å². The Morgan fingerprint density at radius 2 is 1.38 bits per heavy atom. The highest BCUT2D eigenvalue weighted by Gasteiger charge is 2.37. The number of aromatic amines is 2. The molecule has 0 spiro atoms. The maximum atomic E-state index is 12.8. The van der Waals surface area contributed by atoms with E-state index in [2.05, 4.69) is 0 Å². The smallest absolute Gasteiger partial charge is 0.313 e. The monoisotopic (exact) mass is 403 g/mol. The maximum absolute atomic E-state index is 12.8. The molecule has 3 N–H and O–H groups in total.